The number of nitrogens with one attached hydrogen (secondary N) is 1. The smallest absolute Gasteiger partial charge is 0.257 e. The topological polar surface area (TPSA) is 32.3 Å². The van der Waals surface area contributed by atoms with Crippen molar-refractivity contribution in [2.75, 3.05) is 16.8 Å². The van der Waals surface area contributed by atoms with Crippen LogP contribution in [0.3, 0.4) is 0 Å². The van der Waals surface area contributed by atoms with Gasteiger partial charge in [0, 0.05) is 24.5 Å². The predicted molar refractivity (Wildman–Crippen MR) is 102 cm³/mol. The lowest BCUT2D eigenvalue weighted by atomic mass is 9.98. The van der Waals surface area contributed by atoms with Crippen molar-refractivity contribution >= 4 is 17.3 Å². The molecule has 3 nitrogen and oxygen atoms in total. The average Bonchev–Trinajstić information content (AvgIpc) is 2.68. The van der Waals surface area contributed by atoms with Gasteiger partial charge in [0.2, 0.25) is 0 Å². The van der Waals surface area contributed by atoms with Crippen LogP contribution in [-0.4, -0.2) is 12.5 Å². The highest BCUT2D eigenvalue weighted by Gasteiger charge is 2.20. The standard InChI is InChI=1S/C22H20N2O/c25-22(23-19-10-2-1-3-11-19)20-12-6-7-13-21(20)24-15-14-17-8-4-5-9-18(17)16-24/h1-13H,14-16H2,(H,23,25). The third-order valence-electron chi connectivity index (χ3n) is 4.65. The fraction of sp³-hybridized carbons (Fsp3) is 0.136. The zero-order valence-corrected chi connectivity index (χ0v) is 14.0. The zero-order chi connectivity index (χ0) is 17.1. The summed E-state index contributed by atoms with van der Waals surface area (Å²) in [7, 11) is 0. The minimum absolute atomic E-state index is 0.0688. The number of amides is 1. The normalized spacial score (nSPS) is 13.2. The Morgan fingerprint density at radius 3 is 2.32 bits per heavy atom. The molecule has 0 aliphatic carbocycles. The molecule has 0 aromatic heterocycles. The molecule has 1 heterocycles. The molecule has 1 amide bonds. The molecule has 1 aliphatic heterocycles. The fourth-order valence-corrected chi connectivity index (χ4v) is 3.36. The lowest BCUT2D eigenvalue weighted by molar-refractivity contribution is 0.102. The van der Waals surface area contributed by atoms with Crippen LogP contribution in [-0.2, 0) is 13.0 Å². The van der Waals surface area contributed by atoms with Gasteiger partial charge in [-0.3, -0.25) is 4.79 Å². The summed E-state index contributed by atoms with van der Waals surface area (Å²) in [5.41, 5.74) is 5.26. The second-order valence-electron chi connectivity index (χ2n) is 6.28. The summed E-state index contributed by atoms with van der Waals surface area (Å²) < 4.78 is 0. The molecular weight excluding hydrogens is 308 g/mol. The van der Waals surface area contributed by atoms with Crippen LogP contribution in [0.15, 0.2) is 78.9 Å². The van der Waals surface area contributed by atoms with Crippen molar-refractivity contribution in [3.05, 3.63) is 95.6 Å². The molecular formula is C22H20N2O. The largest absolute Gasteiger partial charge is 0.366 e. The van der Waals surface area contributed by atoms with Crippen molar-refractivity contribution in [2.24, 2.45) is 0 Å². The number of carbonyl (C=O) groups is 1. The Labute approximate surface area is 147 Å². The molecule has 0 spiro atoms. The average molecular weight is 328 g/mol. The minimum Gasteiger partial charge on any atom is -0.366 e. The van der Waals surface area contributed by atoms with Crippen LogP contribution >= 0.6 is 0 Å². The quantitative estimate of drug-likeness (QED) is 0.767. The van der Waals surface area contributed by atoms with Crippen molar-refractivity contribution in [3.8, 4) is 0 Å². The monoisotopic (exact) mass is 328 g/mol. The van der Waals surface area contributed by atoms with Crippen molar-refractivity contribution in [1.29, 1.82) is 0 Å². The second kappa shape index (κ2) is 6.81. The van der Waals surface area contributed by atoms with Crippen molar-refractivity contribution in [1.82, 2.24) is 0 Å². The molecule has 25 heavy (non-hydrogen) atoms. The van der Waals surface area contributed by atoms with E-state index in [0.717, 1.165) is 30.9 Å². The molecule has 4 rings (SSSR count). The van der Waals surface area contributed by atoms with Gasteiger partial charge in [0.05, 0.1) is 5.56 Å². The van der Waals surface area contributed by atoms with Crippen LogP contribution in [0.25, 0.3) is 0 Å². The zero-order valence-electron chi connectivity index (χ0n) is 14.0. The van der Waals surface area contributed by atoms with Gasteiger partial charge in [-0.15, -0.1) is 0 Å². The molecule has 0 saturated carbocycles. The molecule has 0 unspecified atom stereocenters. The van der Waals surface area contributed by atoms with E-state index in [2.05, 4.69) is 34.5 Å². The summed E-state index contributed by atoms with van der Waals surface area (Å²) in [5.74, 6) is -0.0688. The molecule has 0 fully saturated rings. The molecule has 0 radical (unpaired) electrons. The summed E-state index contributed by atoms with van der Waals surface area (Å²) in [6.45, 7) is 1.76. The summed E-state index contributed by atoms with van der Waals surface area (Å²) in [6, 6.07) is 26.0. The highest BCUT2D eigenvalue weighted by molar-refractivity contribution is 6.08. The van der Waals surface area contributed by atoms with E-state index >= 15 is 0 Å². The Hall–Kier alpha value is -3.07. The molecule has 1 N–H and O–H groups in total. The van der Waals surface area contributed by atoms with Gasteiger partial charge in [0.1, 0.15) is 0 Å². The molecule has 0 atom stereocenters. The number of anilines is 2. The Morgan fingerprint density at radius 2 is 1.48 bits per heavy atom. The van der Waals surface area contributed by atoms with E-state index in [0.29, 0.717) is 5.56 Å². The van der Waals surface area contributed by atoms with E-state index in [9.17, 15) is 4.79 Å². The number of hydrogen-bond acceptors (Lipinski definition) is 2. The maximum absolute atomic E-state index is 12.8. The van der Waals surface area contributed by atoms with Crippen LogP contribution in [0.2, 0.25) is 0 Å². The first kappa shape index (κ1) is 15.5. The molecule has 3 aromatic carbocycles. The van der Waals surface area contributed by atoms with Gasteiger partial charge in [-0.1, -0.05) is 54.6 Å². The molecule has 0 bridgehead atoms. The SMILES string of the molecule is O=C(Nc1ccccc1)c1ccccc1N1CCc2ccccc2C1. The van der Waals surface area contributed by atoms with E-state index < -0.39 is 0 Å². The molecule has 1 aliphatic rings. The summed E-state index contributed by atoms with van der Waals surface area (Å²) in [6.07, 6.45) is 1.00. The van der Waals surface area contributed by atoms with Crippen LogP contribution in [0.4, 0.5) is 11.4 Å². The van der Waals surface area contributed by atoms with Gasteiger partial charge < -0.3 is 10.2 Å². The Morgan fingerprint density at radius 1 is 0.800 bits per heavy atom. The van der Waals surface area contributed by atoms with Crippen molar-refractivity contribution in [2.45, 2.75) is 13.0 Å². The number of para-hydroxylation sites is 2. The number of rotatable bonds is 3. The molecule has 0 saturated heterocycles. The van der Waals surface area contributed by atoms with Gasteiger partial charge in [-0.25, -0.2) is 0 Å². The summed E-state index contributed by atoms with van der Waals surface area (Å²) in [4.78, 5) is 15.1. The minimum atomic E-state index is -0.0688. The van der Waals surface area contributed by atoms with Crippen LogP contribution in [0.5, 0.6) is 0 Å². The van der Waals surface area contributed by atoms with Gasteiger partial charge in [0.25, 0.3) is 5.91 Å². The highest BCUT2D eigenvalue weighted by atomic mass is 16.1. The third-order valence-corrected chi connectivity index (χ3v) is 4.65. The van der Waals surface area contributed by atoms with E-state index in [1.54, 1.807) is 0 Å². The Kier molecular flexibility index (Phi) is 4.21. The first-order chi connectivity index (χ1) is 12.3. The molecule has 3 heteroatoms. The van der Waals surface area contributed by atoms with E-state index in [4.69, 9.17) is 0 Å². The van der Waals surface area contributed by atoms with E-state index in [-0.39, 0.29) is 5.91 Å². The highest BCUT2D eigenvalue weighted by Crippen LogP contribution is 2.27. The van der Waals surface area contributed by atoms with Crippen LogP contribution < -0.4 is 10.2 Å². The number of hydrogen-bond donors (Lipinski definition) is 1. The van der Waals surface area contributed by atoms with E-state index in [1.807, 2.05) is 54.6 Å². The number of nitrogens with zero attached hydrogens (tertiary/aromatic N) is 1. The summed E-state index contributed by atoms with van der Waals surface area (Å²) in [5, 5.41) is 2.99. The molecule has 3 aromatic rings. The molecule has 124 valence electrons. The number of fused-ring (bicyclic) bond motifs is 1. The lowest BCUT2D eigenvalue weighted by Crippen LogP contribution is -2.32. The third kappa shape index (κ3) is 3.26. The van der Waals surface area contributed by atoms with Gasteiger partial charge in [0.15, 0.2) is 0 Å². The van der Waals surface area contributed by atoms with Gasteiger partial charge in [-0.2, -0.15) is 0 Å². The first-order valence-corrected chi connectivity index (χ1v) is 8.58. The maximum Gasteiger partial charge on any atom is 0.257 e. The summed E-state index contributed by atoms with van der Waals surface area (Å²) >= 11 is 0. The maximum atomic E-state index is 12.8. The number of benzene rings is 3. The van der Waals surface area contributed by atoms with Crippen LogP contribution in [0, 0.1) is 0 Å². The van der Waals surface area contributed by atoms with Crippen molar-refractivity contribution in [3.63, 3.8) is 0 Å². The predicted octanol–water partition coefficient (Wildman–Crippen LogP) is 4.50. The lowest BCUT2D eigenvalue weighted by Gasteiger charge is -2.32. The van der Waals surface area contributed by atoms with Crippen molar-refractivity contribution < 1.29 is 4.79 Å². The second-order valence-corrected chi connectivity index (χ2v) is 6.28. The first-order valence-electron chi connectivity index (χ1n) is 8.58. The van der Waals surface area contributed by atoms with Crippen LogP contribution in [0.1, 0.15) is 21.5 Å². The number of carbonyl (C=O) groups excluding carboxylic acids is 1. The fourth-order valence-electron chi connectivity index (χ4n) is 3.36. The van der Waals surface area contributed by atoms with Gasteiger partial charge >= 0.3 is 0 Å². The Bertz CT molecular complexity index is 889. The van der Waals surface area contributed by atoms with Gasteiger partial charge in [-0.05, 0) is 41.8 Å². The van der Waals surface area contributed by atoms with E-state index in [1.165, 1.54) is 11.1 Å². The Balaban J connectivity index is 1.60.